The van der Waals surface area contributed by atoms with Crippen LogP contribution in [0.3, 0.4) is 0 Å². The third-order valence-electron chi connectivity index (χ3n) is 3.72. The van der Waals surface area contributed by atoms with Crippen LogP contribution in [-0.2, 0) is 4.74 Å². The number of methoxy groups -OCH3 is 1. The number of amides is 1. The summed E-state index contributed by atoms with van der Waals surface area (Å²) < 4.78 is 4.52. The van der Waals surface area contributed by atoms with Crippen molar-refractivity contribution in [1.29, 1.82) is 0 Å². The summed E-state index contributed by atoms with van der Waals surface area (Å²) in [6.45, 7) is 1.81. The van der Waals surface area contributed by atoms with E-state index in [-0.39, 0.29) is 23.4 Å². The van der Waals surface area contributed by atoms with Gasteiger partial charge in [0.05, 0.1) is 13.2 Å². The molecular formula is C17H16ClN5O3. The molecule has 0 spiro atoms. The van der Waals surface area contributed by atoms with E-state index in [1.807, 2.05) is 6.92 Å². The zero-order valence-corrected chi connectivity index (χ0v) is 14.8. The van der Waals surface area contributed by atoms with Crippen LogP contribution in [0.2, 0.25) is 5.02 Å². The van der Waals surface area contributed by atoms with Crippen LogP contribution in [-0.4, -0.2) is 28.2 Å². The van der Waals surface area contributed by atoms with E-state index >= 15 is 0 Å². The summed E-state index contributed by atoms with van der Waals surface area (Å²) in [4.78, 5) is 34.7. The predicted octanol–water partition coefficient (Wildman–Crippen LogP) is 3.32. The highest BCUT2D eigenvalue weighted by Crippen LogP contribution is 2.21. The Bertz CT molecular complexity index is 1020. The zero-order chi connectivity index (χ0) is 18.7. The third-order valence-corrected chi connectivity index (χ3v) is 3.95. The molecule has 134 valence electrons. The van der Waals surface area contributed by atoms with E-state index in [2.05, 4.69) is 30.3 Å². The second kappa shape index (κ2) is 7.40. The zero-order valence-electron chi connectivity index (χ0n) is 14.0. The Balaban J connectivity index is 1.86. The highest BCUT2D eigenvalue weighted by atomic mass is 35.5. The van der Waals surface area contributed by atoms with E-state index < -0.39 is 6.09 Å². The quantitative estimate of drug-likeness (QED) is 0.647. The maximum Gasteiger partial charge on any atom is 0.412 e. The third kappa shape index (κ3) is 3.92. The minimum atomic E-state index is -0.634. The fourth-order valence-electron chi connectivity index (χ4n) is 2.44. The first-order valence-corrected chi connectivity index (χ1v) is 8.11. The molecule has 3 N–H and O–H groups in total. The van der Waals surface area contributed by atoms with Crippen molar-refractivity contribution in [3.63, 3.8) is 0 Å². The summed E-state index contributed by atoms with van der Waals surface area (Å²) in [6.07, 6.45) is 0.850. The maximum atomic E-state index is 12.4. The van der Waals surface area contributed by atoms with Crippen LogP contribution in [0.15, 0.2) is 41.3 Å². The van der Waals surface area contributed by atoms with Crippen LogP contribution in [0.1, 0.15) is 18.5 Å². The van der Waals surface area contributed by atoms with Gasteiger partial charge in [0.25, 0.3) is 5.56 Å². The van der Waals surface area contributed by atoms with Crippen LogP contribution < -0.4 is 16.2 Å². The van der Waals surface area contributed by atoms with Gasteiger partial charge in [-0.05, 0) is 37.3 Å². The Morgan fingerprint density at radius 3 is 2.88 bits per heavy atom. The molecule has 0 aliphatic carbocycles. The molecule has 0 fully saturated rings. The molecule has 9 heteroatoms. The van der Waals surface area contributed by atoms with Crippen molar-refractivity contribution in [2.75, 3.05) is 17.7 Å². The van der Waals surface area contributed by atoms with E-state index in [0.717, 1.165) is 5.39 Å². The molecule has 2 heterocycles. The number of pyridine rings is 1. The summed E-state index contributed by atoms with van der Waals surface area (Å²) in [7, 11) is 1.26. The molecule has 26 heavy (non-hydrogen) atoms. The van der Waals surface area contributed by atoms with Crippen LogP contribution in [0.4, 0.5) is 16.6 Å². The summed E-state index contributed by atoms with van der Waals surface area (Å²) in [6, 6.07) is 8.17. The van der Waals surface area contributed by atoms with E-state index in [0.29, 0.717) is 16.1 Å². The molecule has 1 amide bonds. The molecule has 0 saturated carbocycles. The number of ether oxygens (including phenoxy) is 1. The highest BCUT2D eigenvalue weighted by molar-refractivity contribution is 6.31. The number of aromatic amines is 1. The number of rotatable bonds is 4. The number of carbonyl (C=O) groups excluding carboxylic acids is 1. The lowest BCUT2D eigenvalue weighted by molar-refractivity contribution is 0.187. The largest absolute Gasteiger partial charge is 0.453 e. The van der Waals surface area contributed by atoms with Gasteiger partial charge in [0.2, 0.25) is 5.95 Å². The van der Waals surface area contributed by atoms with Crippen LogP contribution in [0, 0.1) is 0 Å². The van der Waals surface area contributed by atoms with Gasteiger partial charge in [0, 0.05) is 27.7 Å². The van der Waals surface area contributed by atoms with Gasteiger partial charge < -0.3 is 15.0 Å². The van der Waals surface area contributed by atoms with Gasteiger partial charge in [0.15, 0.2) is 0 Å². The fraction of sp³-hybridized carbons (Fsp3) is 0.176. The summed E-state index contributed by atoms with van der Waals surface area (Å²) in [5.74, 6) is 0.540. The van der Waals surface area contributed by atoms with Gasteiger partial charge in [-0.3, -0.25) is 10.1 Å². The Morgan fingerprint density at radius 1 is 1.31 bits per heavy atom. The molecule has 3 rings (SSSR count). The molecule has 0 aliphatic heterocycles. The number of halogens is 1. The Labute approximate surface area is 153 Å². The number of nitrogens with zero attached hydrogens (tertiary/aromatic N) is 2. The van der Waals surface area contributed by atoms with Crippen molar-refractivity contribution < 1.29 is 9.53 Å². The molecule has 1 atom stereocenters. The number of hydrogen-bond donors (Lipinski definition) is 3. The summed E-state index contributed by atoms with van der Waals surface area (Å²) >= 11 is 6.02. The van der Waals surface area contributed by atoms with Crippen molar-refractivity contribution in [3.8, 4) is 0 Å². The van der Waals surface area contributed by atoms with E-state index in [1.54, 1.807) is 24.3 Å². The first-order chi connectivity index (χ1) is 12.5. The van der Waals surface area contributed by atoms with E-state index in [1.165, 1.54) is 19.4 Å². The Morgan fingerprint density at radius 2 is 2.12 bits per heavy atom. The number of nitrogens with one attached hydrogen (secondary N) is 3. The van der Waals surface area contributed by atoms with Gasteiger partial charge in [0.1, 0.15) is 5.82 Å². The number of carbonyl (C=O) groups is 1. The second-order valence-corrected chi connectivity index (χ2v) is 5.97. The van der Waals surface area contributed by atoms with Gasteiger partial charge in [-0.2, -0.15) is 4.98 Å². The fourth-order valence-corrected chi connectivity index (χ4v) is 2.62. The second-order valence-electron chi connectivity index (χ2n) is 5.53. The lowest BCUT2D eigenvalue weighted by atomic mass is 10.1. The number of aromatic nitrogens is 3. The van der Waals surface area contributed by atoms with Crippen molar-refractivity contribution in [2.45, 2.75) is 13.0 Å². The monoisotopic (exact) mass is 373 g/mol. The number of anilines is 2. The molecule has 1 aromatic carbocycles. The number of fused-ring (bicyclic) bond motifs is 1. The smallest absolute Gasteiger partial charge is 0.412 e. The molecule has 8 nitrogen and oxygen atoms in total. The van der Waals surface area contributed by atoms with Crippen molar-refractivity contribution >= 4 is 40.4 Å². The molecule has 0 bridgehead atoms. The Hall–Kier alpha value is -3.13. The minimum absolute atomic E-state index is 0.219. The number of H-pyrrole nitrogens is 1. The molecule has 0 aliphatic rings. The molecule has 0 radical (unpaired) electrons. The lowest BCUT2D eigenvalue weighted by Crippen LogP contribution is -2.20. The average molecular weight is 374 g/mol. The van der Waals surface area contributed by atoms with Crippen LogP contribution in [0.5, 0.6) is 0 Å². The normalized spacial score (nSPS) is 11.8. The van der Waals surface area contributed by atoms with Gasteiger partial charge in [-0.1, -0.05) is 11.6 Å². The van der Waals surface area contributed by atoms with E-state index in [4.69, 9.17) is 11.6 Å². The highest BCUT2D eigenvalue weighted by Gasteiger charge is 2.13. The van der Waals surface area contributed by atoms with Crippen molar-refractivity contribution in [2.24, 2.45) is 0 Å². The van der Waals surface area contributed by atoms with Crippen molar-refractivity contribution in [1.82, 2.24) is 15.0 Å². The van der Waals surface area contributed by atoms with Crippen LogP contribution in [0.25, 0.3) is 10.9 Å². The first kappa shape index (κ1) is 17.7. The number of benzene rings is 1. The Kier molecular flexibility index (Phi) is 5.04. The van der Waals surface area contributed by atoms with Gasteiger partial charge in [-0.25, -0.2) is 9.78 Å². The van der Waals surface area contributed by atoms with Gasteiger partial charge in [-0.15, -0.1) is 0 Å². The molecule has 0 saturated heterocycles. The standard InChI is InChI=1S/C17H16ClN5O3/c1-9(20-16-19-6-5-14(22-16)23-17(25)26-2)12-8-10-7-11(18)3-4-13(10)21-15(12)24/h3-9H,1-2H3,(H,21,24)(H2,19,20,22,23,25). The topological polar surface area (TPSA) is 109 Å². The molecule has 3 aromatic rings. The number of hydrogen-bond acceptors (Lipinski definition) is 6. The van der Waals surface area contributed by atoms with Gasteiger partial charge >= 0.3 is 6.09 Å². The lowest BCUT2D eigenvalue weighted by Gasteiger charge is -2.14. The summed E-state index contributed by atoms with van der Waals surface area (Å²) in [5.41, 5.74) is 0.995. The molecular weight excluding hydrogens is 358 g/mol. The molecule has 2 aromatic heterocycles. The SMILES string of the molecule is COC(=O)Nc1ccnc(NC(C)c2cc3cc(Cl)ccc3[nH]c2=O)n1. The summed E-state index contributed by atoms with van der Waals surface area (Å²) in [5, 5.41) is 6.90. The first-order valence-electron chi connectivity index (χ1n) is 7.73. The minimum Gasteiger partial charge on any atom is -0.453 e. The molecule has 1 unspecified atom stereocenters. The maximum absolute atomic E-state index is 12.4. The average Bonchev–Trinajstić information content (AvgIpc) is 2.61. The van der Waals surface area contributed by atoms with E-state index in [9.17, 15) is 9.59 Å². The van der Waals surface area contributed by atoms with Crippen molar-refractivity contribution in [3.05, 3.63) is 57.5 Å². The van der Waals surface area contributed by atoms with Crippen LogP contribution >= 0.6 is 11.6 Å². The predicted molar refractivity (Wildman–Crippen MR) is 99.7 cm³/mol.